The average Bonchev–Trinajstić information content (AvgIpc) is 2.97. The Morgan fingerprint density at radius 2 is 1.77 bits per heavy atom. The fourth-order valence-electron chi connectivity index (χ4n) is 3.24. The number of likely N-dealkylation sites (tertiary alicyclic amines) is 1. The Hall–Kier alpha value is -2.82. The summed E-state index contributed by atoms with van der Waals surface area (Å²) in [4.78, 5) is 26.7. The zero-order chi connectivity index (χ0) is 18.4. The van der Waals surface area contributed by atoms with E-state index < -0.39 is 5.54 Å². The Morgan fingerprint density at radius 3 is 2.46 bits per heavy atom. The topological polar surface area (TPSA) is 58.6 Å². The number of carbonyl (C=O) groups is 2. The van der Waals surface area contributed by atoms with E-state index in [0.717, 1.165) is 11.3 Å². The van der Waals surface area contributed by atoms with Crippen LogP contribution in [0.4, 0.5) is 0 Å². The maximum atomic E-state index is 12.8. The Labute approximate surface area is 154 Å². The lowest BCUT2D eigenvalue weighted by Crippen LogP contribution is -2.55. The van der Waals surface area contributed by atoms with Crippen molar-refractivity contribution in [2.45, 2.75) is 31.8 Å². The SMILES string of the molecule is CC1(C(=O)NCc2ccccc2)CCC(=O)N1CCOc1ccccc1. The van der Waals surface area contributed by atoms with Crippen LogP contribution < -0.4 is 10.1 Å². The van der Waals surface area contributed by atoms with Crippen molar-refractivity contribution in [2.75, 3.05) is 13.2 Å². The highest BCUT2D eigenvalue weighted by Crippen LogP contribution is 2.30. The van der Waals surface area contributed by atoms with Crippen LogP contribution in [0.2, 0.25) is 0 Å². The number of nitrogens with one attached hydrogen (secondary N) is 1. The summed E-state index contributed by atoms with van der Waals surface area (Å²) >= 11 is 0. The average molecular weight is 352 g/mol. The van der Waals surface area contributed by atoms with E-state index >= 15 is 0 Å². The molecular formula is C21H24N2O3. The van der Waals surface area contributed by atoms with Crippen molar-refractivity contribution >= 4 is 11.8 Å². The summed E-state index contributed by atoms with van der Waals surface area (Å²) in [5.41, 5.74) is 0.207. The zero-order valence-electron chi connectivity index (χ0n) is 15.0. The second-order valence-electron chi connectivity index (χ2n) is 6.65. The molecule has 2 amide bonds. The number of amides is 2. The number of benzene rings is 2. The first kappa shape index (κ1) is 18.0. The molecule has 0 radical (unpaired) electrons. The van der Waals surface area contributed by atoms with Gasteiger partial charge >= 0.3 is 0 Å². The first-order valence-corrected chi connectivity index (χ1v) is 8.90. The molecule has 0 spiro atoms. The quantitative estimate of drug-likeness (QED) is 0.834. The Balaban J connectivity index is 1.58. The van der Waals surface area contributed by atoms with Gasteiger partial charge in [-0.05, 0) is 31.0 Å². The minimum absolute atomic E-state index is 0.000905. The lowest BCUT2D eigenvalue weighted by Gasteiger charge is -2.34. The van der Waals surface area contributed by atoms with Gasteiger partial charge in [-0.3, -0.25) is 9.59 Å². The van der Waals surface area contributed by atoms with Gasteiger partial charge in [-0.25, -0.2) is 0 Å². The molecular weight excluding hydrogens is 328 g/mol. The van der Waals surface area contributed by atoms with Crippen molar-refractivity contribution in [1.82, 2.24) is 10.2 Å². The van der Waals surface area contributed by atoms with Crippen LogP contribution in [0.25, 0.3) is 0 Å². The standard InChI is InChI=1S/C21H24N2O3/c1-21(20(25)22-16-17-8-4-2-5-9-17)13-12-19(24)23(21)14-15-26-18-10-6-3-7-11-18/h2-11H,12-16H2,1H3,(H,22,25). The number of ether oxygens (including phenoxy) is 1. The summed E-state index contributed by atoms with van der Waals surface area (Å²) in [6, 6.07) is 19.2. The summed E-state index contributed by atoms with van der Waals surface area (Å²) in [5, 5.41) is 2.97. The van der Waals surface area contributed by atoms with Gasteiger partial charge in [-0.1, -0.05) is 48.5 Å². The van der Waals surface area contributed by atoms with E-state index in [0.29, 0.717) is 32.5 Å². The Bertz CT molecular complexity index is 748. The van der Waals surface area contributed by atoms with E-state index in [1.165, 1.54) is 0 Å². The van der Waals surface area contributed by atoms with Crippen molar-refractivity contribution < 1.29 is 14.3 Å². The number of nitrogens with zero attached hydrogens (tertiary/aromatic N) is 1. The van der Waals surface area contributed by atoms with Gasteiger partial charge in [0.05, 0.1) is 6.54 Å². The molecule has 136 valence electrons. The molecule has 5 nitrogen and oxygen atoms in total. The molecule has 1 aliphatic rings. The first-order valence-electron chi connectivity index (χ1n) is 8.90. The van der Waals surface area contributed by atoms with E-state index in [1.54, 1.807) is 4.90 Å². The lowest BCUT2D eigenvalue weighted by atomic mass is 9.97. The summed E-state index contributed by atoms with van der Waals surface area (Å²) in [6.45, 7) is 3.04. The third-order valence-electron chi connectivity index (χ3n) is 4.83. The second-order valence-corrected chi connectivity index (χ2v) is 6.65. The third-order valence-corrected chi connectivity index (χ3v) is 4.83. The molecule has 0 aromatic heterocycles. The van der Waals surface area contributed by atoms with Gasteiger partial charge < -0.3 is 15.0 Å². The first-order chi connectivity index (χ1) is 12.6. The molecule has 1 heterocycles. The summed E-state index contributed by atoms with van der Waals surface area (Å²) in [5.74, 6) is 0.639. The van der Waals surface area contributed by atoms with Crippen molar-refractivity contribution in [3.8, 4) is 5.75 Å². The molecule has 1 fully saturated rings. The number of hydrogen-bond donors (Lipinski definition) is 1. The number of hydrogen-bond acceptors (Lipinski definition) is 3. The van der Waals surface area contributed by atoms with Crippen molar-refractivity contribution in [3.63, 3.8) is 0 Å². The van der Waals surface area contributed by atoms with Gasteiger partial charge in [0.2, 0.25) is 11.8 Å². The fourth-order valence-corrected chi connectivity index (χ4v) is 3.24. The molecule has 0 saturated carbocycles. The van der Waals surface area contributed by atoms with Gasteiger partial charge in [0, 0.05) is 13.0 Å². The molecule has 3 rings (SSSR count). The number of rotatable bonds is 7. The predicted octanol–water partition coefficient (Wildman–Crippen LogP) is 2.76. The molecule has 1 saturated heterocycles. The van der Waals surface area contributed by atoms with Gasteiger partial charge in [0.25, 0.3) is 0 Å². The van der Waals surface area contributed by atoms with Crippen LogP contribution in [0.1, 0.15) is 25.3 Å². The molecule has 5 heteroatoms. The summed E-state index contributed by atoms with van der Waals surface area (Å²) < 4.78 is 5.69. The van der Waals surface area contributed by atoms with Crippen LogP contribution in [-0.2, 0) is 16.1 Å². The monoisotopic (exact) mass is 352 g/mol. The van der Waals surface area contributed by atoms with Crippen LogP contribution in [0.3, 0.4) is 0 Å². The highest BCUT2D eigenvalue weighted by molar-refractivity contribution is 5.94. The van der Waals surface area contributed by atoms with Crippen LogP contribution in [0, 0.1) is 0 Å². The fraction of sp³-hybridized carbons (Fsp3) is 0.333. The van der Waals surface area contributed by atoms with Gasteiger partial charge in [0.15, 0.2) is 0 Å². The van der Waals surface area contributed by atoms with E-state index in [4.69, 9.17) is 4.74 Å². The molecule has 2 aromatic carbocycles. The van der Waals surface area contributed by atoms with Crippen LogP contribution >= 0.6 is 0 Å². The molecule has 0 aliphatic carbocycles. The molecule has 1 unspecified atom stereocenters. The van der Waals surface area contributed by atoms with E-state index in [2.05, 4.69) is 5.32 Å². The highest BCUT2D eigenvalue weighted by atomic mass is 16.5. The Kier molecular flexibility index (Phi) is 5.56. The van der Waals surface area contributed by atoms with Gasteiger partial charge in [0.1, 0.15) is 17.9 Å². The smallest absolute Gasteiger partial charge is 0.245 e. The predicted molar refractivity (Wildman–Crippen MR) is 99.6 cm³/mol. The highest BCUT2D eigenvalue weighted by Gasteiger charge is 2.46. The second kappa shape index (κ2) is 8.04. The Morgan fingerprint density at radius 1 is 1.12 bits per heavy atom. The largest absolute Gasteiger partial charge is 0.492 e. The lowest BCUT2D eigenvalue weighted by molar-refractivity contribution is -0.141. The number of carbonyl (C=O) groups excluding carboxylic acids is 2. The molecule has 2 aromatic rings. The van der Waals surface area contributed by atoms with Crippen LogP contribution in [0.15, 0.2) is 60.7 Å². The minimum atomic E-state index is -0.827. The molecule has 1 atom stereocenters. The normalized spacial score (nSPS) is 19.4. The molecule has 26 heavy (non-hydrogen) atoms. The summed E-state index contributed by atoms with van der Waals surface area (Å²) in [6.07, 6.45) is 0.915. The third kappa shape index (κ3) is 4.04. The zero-order valence-corrected chi connectivity index (χ0v) is 15.0. The van der Waals surface area contributed by atoms with Crippen LogP contribution in [0.5, 0.6) is 5.75 Å². The van der Waals surface area contributed by atoms with Crippen LogP contribution in [-0.4, -0.2) is 35.4 Å². The van der Waals surface area contributed by atoms with E-state index in [-0.39, 0.29) is 11.8 Å². The molecule has 1 N–H and O–H groups in total. The maximum Gasteiger partial charge on any atom is 0.245 e. The number of para-hydroxylation sites is 1. The molecule has 0 bridgehead atoms. The van der Waals surface area contributed by atoms with Crippen molar-refractivity contribution in [3.05, 3.63) is 66.2 Å². The minimum Gasteiger partial charge on any atom is -0.492 e. The molecule has 1 aliphatic heterocycles. The van der Waals surface area contributed by atoms with Crippen molar-refractivity contribution in [1.29, 1.82) is 0 Å². The van der Waals surface area contributed by atoms with E-state index in [9.17, 15) is 9.59 Å². The van der Waals surface area contributed by atoms with Gasteiger partial charge in [-0.2, -0.15) is 0 Å². The van der Waals surface area contributed by atoms with E-state index in [1.807, 2.05) is 67.6 Å². The van der Waals surface area contributed by atoms with Gasteiger partial charge in [-0.15, -0.1) is 0 Å². The maximum absolute atomic E-state index is 12.8. The summed E-state index contributed by atoms with van der Waals surface area (Å²) in [7, 11) is 0. The van der Waals surface area contributed by atoms with Crippen molar-refractivity contribution in [2.24, 2.45) is 0 Å².